The van der Waals surface area contributed by atoms with Crippen LogP contribution in [0, 0.1) is 0 Å². The van der Waals surface area contributed by atoms with E-state index in [9.17, 15) is 9.59 Å². The lowest BCUT2D eigenvalue weighted by molar-refractivity contribution is -0.128. The molecule has 0 radical (unpaired) electrons. The Bertz CT molecular complexity index is 551. The summed E-state index contributed by atoms with van der Waals surface area (Å²) in [6.07, 6.45) is 0.760. The highest BCUT2D eigenvalue weighted by Gasteiger charge is 2.21. The second kappa shape index (κ2) is 7.00. The molecule has 21 heavy (non-hydrogen) atoms. The van der Waals surface area contributed by atoms with Gasteiger partial charge in [-0.25, -0.2) is 4.79 Å². The molecule has 0 aliphatic carbocycles. The van der Waals surface area contributed by atoms with Gasteiger partial charge in [0.2, 0.25) is 5.91 Å². The maximum absolute atomic E-state index is 12.3. The molecule has 0 aromatic heterocycles. The summed E-state index contributed by atoms with van der Waals surface area (Å²) in [5, 5.41) is 3.48. The molecule has 1 N–H and O–H groups in total. The van der Waals surface area contributed by atoms with Gasteiger partial charge < -0.3 is 15.1 Å². The summed E-state index contributed by atoms with van der Waals surface area (Å²) >= 11 is 12.0. The van der Waals surface area contributed by atoms with Crippen molar-refractivity contribution in [1.82, 2.24) is 9.80 Å². The number of rotatable bonds is 1. The second-order valence-corrected chi connectivity index (χ2v) is 5.66. The van der Waals surface area contributed by atoms with Gasteiger partial charge in [-0.05, 0) is 18.6 Å². The number of hydrogen-bond donors (Lipinski definition) is 1. The summed E-state index contributed by atoms with van der Waals surface area (Å²) in [6.45, 7) is 3.88. The summed E-state index contributed by atoms with van der Waals surface area (Å²) in [5.41, 5.74) is 0.488. The van der Waals surface area contributed by atoms with E-state index >= 15 is 0 Å². The van der Waals surface area contributed by atoms with Gasteiger partial charge in [0.05, 0.1) is 15.7 Å². The van der Waals surface area contributed by atoms with Gasteiger partial charge in [-0.15, -0.1) is 0 Å². The topological polar surface area (TPSA) is 52.7 Å². The van der Waals surface area contributed by atoms with Crippen LogP contribution in [0.2, 0.25) is 10.0 Å². The van der Waals surface area contributed by atoms with Gasteiger partial charge in [0.25, 0.3) is 0 Å². The number of benzene rings is 1. The smallest absolute Gasteiger partial charge is 0.321 e. The number of carbonyl (C=O) groups is 2. The quantitative estimate of drug-likeness (QED) is 0.860. The van der Waals surface area contributed by atoms with Crippen LogP contribution < -0.4 is 5.32 Å². The first-order chi connectivity index (χ1) is 9.99. The maximum atomic E-state index is 12.3. The lowest BCUT2D eigenvalue weighted by Gasteiger charge is -2.22. The van der Waals surface area contributed by atoms with Gasteiger partial charge in [0, 0.05) is 33.1 Å². The lowest BCUT2D eigenvalue weighted by atomic mass is 10.3. The molecule has 1 fully saturated rings. The summed E-state index contributed by atoms with van der Waals surface area (Å²) in [7, 11) is 0. The SMILES string of the molecule is CC(=O)N1CCCN(C(=O)Nc2cccc(Cl)c2Cl)CC1. The van der Waals surface area contributed by atoms with Gasteiger partial charge in [-0.2, -0.15) is 0 Å². The Balaban J connectivity index is 2.00. The predicted molar refractivity (Wildman–Crippen MR) is 83.9 cm³/mol. The Kier molecular flexibility index (Phi) is 5.31. The fourth-order valence-corrected chi connectivity index (χ4v) is 2.58. The molecule has 0 atom stereocenters. The molecule has 1 heterocycles. The number of halogens is 2. The van der Waals surface area contributed by atoms with E-state index in [2.05, 4.69) is 5.32 Å². The number of nitrogens with zero attached hydrogens (tertiary/aromatic N) is 2. The summed E-state index contributed by atoms with van der Waals surface area (Å²) < 4.78 is 0. The molecule has 0 bridgehead atoms. The Labute approximate surface area is 133 Å². The molecule has 1 saturated heterocycles. The van der Waals surface area contributed by atoms with Gasteiger partial charge in [0.1, 0.15) is 0 Å². The monoisotopic (exact) mass is 329 g/mol. The zero-order valence-electron chi connectivity index (χ0n) is 11.7. The third-order valence-electron chi connectivity index (χ3n) is 3.42. The van der Waals surface area contributed by atoms with Crippen molar-refractivity contribution in [2.24, 2.45) is 0 Å². The van der Waals surface area contributed by atoms with Crippen LogP contribution in [0.1, 0.15) is 13.3 Å². The van der Waals surface area contributed by atoms with Gasteiger partial charge in [0.15, 0.2) is 0 Å². The van der Waals surface area contributed by atoms with Crippen LogP contribution in [-0.2, 0) is 4.79 Å². The Morgan fingerprint density at radius 3 is 2.48 bits per heavy atom. The Morgan fingerprint density at radius 1 is 1.10 bits per heavy atom. The van der Waals surface area contributed by atoms with E-state index in [1.807, 2.05) is 0 Å². The van der Waals surface area contributed by atoms with Crippen molar-refractivity contribution in [3.05, 3.63) is 28.2 Å². The summed E-state index contributed by atoms with van der Waals surface area (Å²) in [6, 6.07) is 4.86. The fourth-order valence-electron chi connectivity index (χ4n) is 2.23. The average molecular weight is 330 g/mol. The fraction of sp³-hybridized carbons (Fsp3) is 0.429. The van der Waals surface area contributed by atoms with Crippen molar-refractivity contribution in [1.29, 1.82) is 0 Å². The van der Waals surface area contributed by atoms with Gasteiger partial charge in [-0.1, -0.05) is 29.3 Å². The molecular formula is C14H17Cl2N3O2. The van der Waals surface area contributed by atoms with Crippen LogP contribution in [0.15, 0.2) is 18.2 Å². The minimum Gasteiger partial charge on any atom is -0.341 e. The number of nitrogens with one attached hydrogen (secondary N) is 1. The Morgan fingerprint density at radius 2 is 1.76 bits per heavy atom. The van der Waals surface area contributed by atoms with Gasteiger partial charge in [-0.3, -0.25) is 4.79 Å². The highest BCUT2D eigenvalue weighted by Crippen LogP contribution is 2.29. The zero-order chi connectivity index (χ0) is 15.4. The van der Waals surface area contributed by atoms with Crippen LogP contribution >= 0.6 is 23.2 Å². The van der Waals surface area contributed by atoms with Crippen molar-refractivity contribution in [3.63, 3.8) is 0 Å². The number of carbonyl (C=O) groups excluding carboxylic acids is 2. The largest absolute Gasteiger partial charge is 0.341 e. The molecule has 1 aromatic carbocycles. The third kappa shape index (κ3) is 4.02. The first-order valence-corrected chi connectivity index (χ1v) is 7.50. The molecule has 2 rings (SSSR count). The number of urea groups is 1. The standard InChI is InChI=1S/C14H17Cl2N3O2/c1-10(20)18-6-3-7-19(9-8-18)14(21)17-12-5-2-4-11(15)13(12)16/h2,4-5H,3,6-9H2,1H3,(H,17,21). The highest BCUT2D eigenvalue weighted by molar-refractivity contribution is 6.43. The molecule has 5 nitrogen and oxygen atoms in total. The number of hydrogen-bond acceptors (Lipinski definition) is 2. The molecule has 0 saturated carbocycles. The van der Waals surface area contributed by atoms with Crippen molar-refractivity contribution >= 4 is 40.8 Å². The summed E-state index contributed by atoms with van der Waals surface area (Å²) in [5.74, 6) is 0.0372. The van der Waals surface area contributed by atoms with Crippen molar-refractivity contribution < 1.29 is 9.59 Å². The molecule has 1 aliphatic heterocycles. The number of anilines is 1. The second-order valence-electron chi connectivity index (χ2n) is 4.88. The molecule has 1 aliphatic rings. The first kappa shape index (κ1) is 15.9. The number of amides is 3. The van der Waals surface area contributed by atoms with E-state index in [1.165, 1.54) is 0 Å². The van der Waals surface area contributed by atoms with Gasteiger partial charge >= 0.3 is 6.03 Å². The van der Waals surface area contributed by atoms with Crippen LogP contribution in [0.25, 0.3) is 0 Å². The molecule has 114 valence electrons. The Hall–Kier alpha value is -1.46. The minimum absolute atomic E-state index is 0.0372. The first-order valence-electron chi connectivity index (χ1n) is 6.74. The van der Waals surface area contributed by atoms with Crippen LogP contribution in [-0.4, -0.2) is 47.9 Å². The maximum Gasteiger partial charge on any atom is 0.321 e. The van der Waals surface area contributed by atoms with E-state index in [1.54, 1.807) is 34.9 Å². The molecule has 0 spiro atoms. The normalized spacial score (nSPS) is 15.6. The highest BCUT2D eigenvalue weighted by atomic mass is 35.5. The van der Waals surface area contributed by atoms with Crippen molar-refractivity contribution in [2.75, 3.05) is 31.5 Å². The van der Waals surface area contributed by atoms with Crippen LogP contribution in [0.5, 0.6) is 0 Å². The minimum atomic E-state index is -0.232. The third-order valence-corrected chi connectivity index (χ3v) is 4.24. The lowest BCUT2D eigenvalue weighted by Crippen LogP contribution is -2.38. The van der Waals surface area contributed by atoms with E-state index < -0.39 is 0 Å². The molecular weight excluding hydrogens is 313 g/mol. The predicted octanol–water partition coefficient (Wildman–Crippen LogP) is 3.08. The van der Waals surface area contributed by atoms with Crippen molar-refractivity contribution in [2.45, 2.75) is 13.3 Å². The van der Waals surface area contributed by atoms with Crippen molar-refractivity contribution in [3.8, 4) is 0 Å². The van der Waals surface area contributed by atoms with E-state index in [0.717, 1.165) is 6.42 Å². The molecule has 7 heteroatoms. The molecule has 1 aromatic rings. The van der Waals surface area contributed by atoms with E-state index in [4.69, 9.17) is 23.2 Å². The average Bonchev–Trinajstić information content (AvgIpc) is 2.70. The van der Waals surface area contributed by atoms with E-state index in [-0.39, 0.29) is 11.9 Å². The zero-order valence-corrected chi connectivity index (χ0v) is 13.2. The molecule has 0 unspecified atom stereocenters. The summed E-state index contributed by atoms with van der Waals surface area (Å²) in [4.78, 5) is 27.1. The van der Waals surface area contributed by atoms with E-state index in [0.29, 0.717) is 41.9 Å². The van der Waals surface area contributed by atoms with Crippen LogP contribution in [0.3, 0.4) is 0 Å². The molecule has 3 amide bonds. The van der Waals surface area contributed by atoms with Crippen LogP contribution in [0.4, 0.5) is 10.5 Å².